The normalized spacial score (nSPS) is 10.5. The molecule has 0 unspecified atom stereocenters. The number of carbonyl (C=O) groups excluding carboxylic acids is 2. The first-order valence-corrected chi connectivity index (χ1v) is 5.62. The number of aromatic nitrogens is 2. The first kappa shape index (κ1) is 14.6. The Morgan fingerprint density at radius 1 is 1.24 bits per heavy atom. The average Bonchev–Trinajstić information content (AvgIpc) is 2.77. The molecule has 0 saturated carbocycles. The third-order valence-corrected chi connectivity index (χ3v) is 2.67. The molecule has 2 rings (SSSR count). The van der Waals surface area contributed by atoms with Crippen LogP contribution in [0.15, 0.2) is 12.1 Å². The number of nitrogens with one attached hydrogen (secondary N) is 2. The van der Waals surface area contributed by atoms with Crippen LogP contribution in [-0.4, -0.2) is 22.0 Å². The summed E-state index contributed by atoms with van der Waals surface area (Å²) in [5, 5.41) is 8.26. The van der Waals surface area contributed by atoms with Crippen molar-refractivity contribution in [2.75, 3.05) is 5.32 Å². The second-order valence-corrected chi connectivity index (χ2v) is 4.14. The predicted molar refractivity (Wildman–Crippen MR) is 66.1 cm³/mol. The summed E-state index contributed by atoms with van der Waals surface area (Å²) in [6.45, 7) is 1.50. The molecule has 0 radical (unpaired) electrons. The van der Waals surface area contributed by atoms with E-state index in [2.05, 4.69) is 15.5 Å². The number of rotatable bonds is 3. The van der Waals surface area contributed by atoms with E-state index in [0.29, 0.717) is 17.8 Å². The van der Waals surface area contributed by atoms with E-state index in [1.807, 2.05) is 0 Å². The maximum absolute atomic E-state index is 13.1. The summed E-state index contributed by atoms with van der Waals surface area (Å²) in [5.74, 6) is -6.52. The van der Waals surface area contributed by atoms with Crippen LogP contribution in [0.5, 0.6) is 0 Å². The molecule has 0 fully saturated rings. The minimum absolute atomic E-state index is 0.0161. The number of halogens is 3. The van der Waals surface area contributed by atoms with Crippen molar-refractivity contribution < 1.29 is 22.8 Å². The topological polar surface area (TPSA) is 101 Å². The molecule has 1 heterocycles. The van der Waals surface area contributed by atoms with Crippen molar-refractivity contribution in [2.24, 2.45) is 5.73 Å². The molecule has 2 amide bonds. The molecular weight excluding hydrogens is 289 g/mol. The van der Waals surface area contributed by atoms with Crippen molar-refractivity contribution in [2.45, 2.75) is 6.92 Å². The van der Waals surface area contributed by atoms with Crippen LogP contribution in [0.3, 0.4) is 0 Å². The van der Waals surface area contributed by atoms with E-state index < -0.39 is 34.8 Å². The molecule has 1 aromatic carbocycles. The summed E-state index contributed by atoms with van der Waals surface area (Å²) >= 11 is 0. The molecule has 2 aromatic rings. The number of aromatic amines is 1. The van der Waals surface area contributed by atoms with E-state index in [1.165, 1.54) is 6.92 Å². The van der Waals surface area contributed by atoms with Crippen LogP contribution in [0.4, 0.5) is 18.9 Å². The van der Waals surface area contributed by atoms with Crippen molar-refractivity contribution in [3.63, 3.8) is 0 Å². The summed E-state index contributed by atoms with van der Waals surface area (Å²) in [7, 11) is 0. The van der Waals surface area contributed by atoms with Gasteiger partial charge in [0.15, 0.2) is 23.1 Å². The number of primary amides is 1. The Kier molecular flexibility index (Phi) is 3.66. The Bertz CT molecular complexity index is 719. The maximum Gasteiger partial charge on any atom is 0.271 e. The molecule has 1 aromatic heterocycles. The molecule has 0 atom stereocenters. The van der Waals surface area contributed by atoms with Crippen LogP contribution in [-0.2, 0) is 0 Å². The van der Waals surface area contributed by atoms with Crippen LogP contribution >= 0.6 is 0 Å². The van der Waals surface area contributed by atoms with Crippen LogP contribution in [0.25, 0.3) is 0 Å². The number of H-pyrrole nitrogens is 1. The highest BCUT2D eigenvalue weighted by Crippen LogP contribution is 2.19. The van der Waals surface area contributed by atoms with Crippen LogP contribution in [0.2, 0.25) is 0 Å². The van der Waals surface area contributed by atoms with Crippen molar-refractivity contribution in [3.8, 4) is 0 Å². The zero-order valence-corrected chi connectivity index (χ0v) is 10.6. The fourth-order valence-corrected chi connectivity index (χ4v) is 1.63. The number of hydrogen-bond donors (Lipinski definition) is 3. The predicted octanol–water partition coefficient (Wildman–Crippen LogP) is 1.49. The molecule has 0 aliphatic carbocycles. The number of amides is 2. The zero-order chi connectivity index (χ0) is 15.7. The lowest BCUT2D eigenvalue weighted by Gasteiger charge is -2.06. The molecule has 0 bridgehead atoms. The van der Waals surface area contributed by atoms with Gasteiger partial charge >= 0.3 is 0 Å². The lowest BCUT2D eigenvalue weighted by Crippen LogP contribution is -2.18. The molecule has 6 nitrogen and oxygen atoms in total. The Balaban J connectivity index is 2.35. The lowest BCUT2D eigenvalue weighted by molar-refractivity contribution is 0.0996. The van der Waals surface area contributed by atoms with Gasteiger partial charge < -0.3 is 11.1 Å². The molecule has 110 valence electrons. The van der Waals surface area contributed by atoms with Gasteiger partial charge in [-0.15, -0.1) is 0 Å². The highest BCUT2D eigenvalue weighted by molar-refractivity contribution is 6.08. The van der Waals surface area contributed by atoms with E-state index in [1.54, 1.807) is 0 Å². The molecule has 0 saturated heterocycles. The van der Waals surface area contributed by atoms with Crippen LogP contribution in [0.1, 0.15) is 26.5 Å². The van der Waals surface area contributed by atoms with Gasteiger partial charge in [-0.3, -0.25) is 14.7 Å². The fourth-order valence-electron chi connectivity index (χ4n) is 1.63. The minimum atomic E-state index is -1.68. The largest absolute Gasteiger partial charge is 0.364 e. The van der Waals surface area contributed by atoms with E-state index >= 15 is 0 Å². The summed E-state index contributed by atoms with van der Waals surface area (Å²) in [5.41, 5.74) is 4.68. The summed E-state index contributed by atoms with van der Waals surface area (Å²) < 4.78 is 39.0. The number of aryl methyl sites for hydroxylation is 1. The first-order chi connectivity index (χ1) is 9.81. The number of nitrogens with two attached hydrogens (primary N) is 1. The summed E-state index contributed by atoms with van der Waals surface area (Å²) in [6, 6.07) is 1.07. The summed E-state index contributed by atoms with van der Waals surface area (Å²) in [4.78, 5) is 23.0. The Morgan fingerprint density at radius 2 is 1.81 bits per heavy atom. The molecule has 0 aliphatic heterocycles. The Labute approximate surface area is 116 Å². The smallest absolute Gasteiger partial charge is 0.271 e. The molecule has 21 heavy (non-hydrogen) atoms. The standard InChI is InChI=1S/C12H9F3N4O2/c1-4-9(10(11(16)20)19-18-4)17-12(21)5-2-6(13)8(15)7(14)3-5/h2-3H,1H3,(H2,16,20)(H,17,21)(H,18,19). The van der Waals surface area contributed by atoms with E-state index in [9.17, 15) is 22.8 Å². The zero-order valence-electron chi connectivity index (χ0n) is 10.6. The van der Waals surface area contributed by atoms with Crippen LogP contribution in [0, 0.1) is 24.4 Å². The third kappa shape index (κ3) is 2.71. The van der Waals surface area contributed by atoms with Gasteiger partial charge in [0.1, 0.15) is 0 Å². The average molecular weight is 298 g/mol. The summed E-state index contributed by atoms with van der Waals surface area (Å²) in [6.07, 6.45) is 0. The minimum Gasteiger partial charge on any atom is -0.364 e. The van der Waals surface area contributed by atoms with Crippen molar-refractivity contribution in [1.29, 1.82) is 0 Å². The number of carbonyl (C=O) groups is 2. The van der Waals surface area contributed by atoms with Crippen molar-refractivity contribution >= 4 is 17.5 Å². The number of hydrogen-bond acceptors (Lipinski definition) is 3. The number of benzene rings is 1. The van der Waals surface area contributed by atoms with E-state index in [4.69, 9.17) is 5.73 Å². The third-order valence-electron chi connectivity index (χ3n) is 2.67. The van der Waals surface area contributed by atoms with Gasteiger partial charge in [-0.05, 0) is 19.1 Å². The molecular formula is C12H9F3N4O2. The maximum atomic E-state index is 13.1. The van der Waals surface area contributed by atoms with Gasteiger partial charge in [-0.2, -0.15) is 5.10 Å². The van der Waals surface area contributed by atoms with Gasteiger partial charge in [0.2, 0.25) is 0 Å². The monoisotopic (exact) mass is 298 g/mol. The van der Waals surface area contributed by atoms with Crippen molar-refractivity contribution in [1.82, 2.24) is 10.2 Å². The molecule has 9 heteroatoms. The number of anilines is 1. The van der Waals surface area contributed by atoms with Gasteiger partial charge in [-0.1, -0.05) is 0 Å². The fraction of sp³-hybridized carbons (Fsp3) is 0.0833. The molecule has 0 spiro atoms. The second kappa shape index (κ2) is 5.27. The first-order valence-electron chi connectivity index (χ1n) is 5.62. The second-order valence-electron chi connectivity index (χ2n) is 4.14. The Hall–Kier alpha value is -2.84. The van der Waals surface area contributed by atoms with Gasteiger partial charge in [0.05, 0.1) is 11.4 Å². The SMILES string of the molecule is Cc1[nH]nc(C(N)=O)c1NC(=O)c1cc(F)c(F)c(F)c1. The number of nitrogens with zero attached hydrogens (tertiary/aromatic N) is 1. The van der Waals surface area contributed by atoms with Gasteiger partial charge in [-0.25, -0.2) is 13.2 Å². The lowest BCUT2D eigenvalue weighted by atomic mass is 10.2. The highest BCUT2D eigenvalue weighted by atomic mass is 19.2. The molecule has 4 N–H and O–H groups in total. The van der Waals surface area contributed by atoms with E-state index in [-0.39, 0.29) is 11.4 Å². The van der Waals surface area contributed by atoms with E-state index in [0.717, 1.165) is 0 Å². The Morgan fingerprint density at radius 3 is 2.33 bits per heavy atom. The van der Waals surface area contributed by atoms with Gasteiger partial charge in [0, 0.05) is 5.56 Å². The molecule has 0 aliphatic rings. The quantitative estimate of drug-likeness (QED) is 0.748. The highest BCUT2D eigenvalue weighted by Gasteiger charge is 2.20. The van der Waals surface area contributed by atoms with Crippen molar-refractivity contribution in [3.05, 3.63) is 46.5 Å². The van der Waals surface area contributed by atoms with Crippen LogP contribution < -0.4 is 11.1 Å². The van der Waals surface area contributed by atoms with Gasteiger partial charge in [0.25, 0.3) is 11.8 Å².